The molecule has 0 radical (unpaired) electrons. The van der Waals surface area contributed by atoms with E-state index >= 15 is 0 Å². The number of aromatic nitrogens is 3. The molecule has 2 aromatic heterocycles. The summed E-state index contributed by atoms with van der Waals surface area (Å²) in [4.78, 5) is 0. The fraction of sp³-hybridized carbons (Fsp3) is 0.400. The number of alkyl halides is 2. The fourth-order valence-corrected chi connectivity index (χ4v) is 1.43. The molecule has 0 fully saturated rings. The van der Waals surface area contributed by atoms with Crippen LogP contribution in [0, 0.1) is 0 Å². The Labute approximate surface area is 85.7 Å². The highest BCUT2D eigenvalue weighted by atomic mass is 19.3. The van der Waals surface area contributed by atoms with E-state index in [-0.39, 0.29) is 5.82 Å². The summed E-state index contributed by atoms with van der Waals surface area (Å²) < 4.78 is 26.2. The second kappa shape index (κ2) is 3.56. The number of hydrogen-bond acceptors (Lipinski definition) is 2. The van der Waals surface area contributed by atoms with Gasteiger partial charge in [0.2, 0.25) is 5.82 Å². The molecule has 0 saturated carbocycles. The highest BCUT2D eigenvalue weighted by Crippen LogP contribution is 2.20. The van der Waals surface area contributed by atoms with Crippen LogP contribution in [0.25, 0.3) is 5.65 Å². The van der Waals surface area contributed by atoms with E-state index in [4.69, 9.17) is 0 Å². The topological polar surface area (TPSA) is 30.2 Å². The Morgan fingerprint density at radius 2 is 2.00 bits per heavy atom. The van der Waals surface area contributed by atoms with Gasteiger partial charge in [-0.25, -0.2) is 8.78 Å². The van der Waals surface area contributed by atoms with Crippen molar-refractivity contribution < 1.29 is 8.78 Å². The summed E-state index contributed by atoms with van der Waals surface area (Å²) >= 11 is 0. The van der Waals surface area contributed by atoms with Crippen molar-refractivity contribution >= 4 is 5.65 Å². The summed E-state index contributed by atoms with van der Waals surface area (Å²) in [6, 6.07) is 3.59. The molecule has 2 heterocycles. The number of pyridine rings is 1. The monoisotopic (exact) mass is 211 g/mol. The van der Waals surface area contributed by atoms with E-state index in [9.17, 15) is 8.78 Å². The first-order chi connectivity index (χ1) is 7.09. The van der Waals surface area contributed by atoms with Crippen LogP contribution in [0.3, 0.4) is 0 Å². The molecule has 0 aliphatic heterocycles. The minimum absolute atomic E-state index is 0.305. The Hall–Kier alpha value is -1.52. The van der Waals surface area contributed by atoms with Crippen LogP contribution in [0.15, 0.2) is 18.3 Å². The summed E-state index contributed by atoms with van der Waals surface area (Å²) in [6.07, 6.45) is -1.00. The van der Waals surface area contributed by atoms with E-state index in [1.54, 1.807) is 12.3 Å². The molecule has 2 aromatic rings. The van der Waals surface area contributed by atoms with Gasteiger partial charge in [-0.1, -0.05) is 13.8 Å². The number of halogens is 2. The van der Waals surface area contributed by atoms with E-state index in [1.165, 1.54) is 4.40 Å². The molecule has 0 spiro atoms. The molecule has 5 heteroatoms. The molecule has 0 unspecified atom stereocenters. The summed E-state index contributed by atoms with van der Waals surface area (Å²) in [7, 11) is 0. The van der Waals surface area contributed by atoms with Crippen LogP contribution in [0.2, 0.25) is 0 Å². The zero-order valence-electron chi connectivity index (χ0n) is 8.48. The molecule has 15 heavy (non-hydrogen) atoms. The summed E-state index contributed by atoms with van der Waals surface area (Å²) in [6.45, 7) is 4.08. The molecule has 0 bridgehead atoms. The quantitative estimate of drug-likeness (QED) is 0.764. The Kier molecular flexibility index (Phi) is 2.38. The molecule has 0 aliphatic carbocycles. The average molecular weight is 211 g/mol. The SMILES string of the molecule is CC(C)c1ccn2c(C(F)F)nnc2c1. The van der Waals surface area contributed by atoms with Gasteiger partial charge in [-0.05, 0) is 23.6 Å². The first kappa shape index (κ1) is 10.0. The van der Waals surface area contributed by atoms with Crippen LogP contribution in [-0.4, -0.2) is 14.6 Å². The van der Waals surface area contributed by atoms with Crippen molar-refractivity contribution in [1.82, 2.24) is 14.6 Å². The fourth-order valence-electron chi connectivity index (χ4n) is 1.43. The zero-order chi connectivity index (χ0) is 11.0. The first-order valence-corrected chi connectivity index (χ1v) is 4.72. The van der Waals surface area contributed by atoms with Gasteiger partial charge in [0.05, 0.1) is 0 Å². The maximum atomic E-state index is 12.5. The zero-order valence-corrected chi connectivity index (χ0v) is 8.48. The van der Waals surface area contributed by atoms with Gasteiger partial charge in [0.1, 0.15) is 0 Å². The van der Waals surface area contributed by atoms with Gasteiger partial charge >= 0.3 is 0 Å². The maximum Gasteiger partial charge on any atom is 0.297 e. The average Bonchev–Trinajstić information content (AvgIpc) is 2.59. The van der Waals surface area contributed by atoms with E-state index in [1.807, 2.05) is 19.9 Å². The Bertz CT molecular complexity index is 476. The molecule has 3 nitrogen and oxygen atoms in total. The van der Waals surface area contributed by atoms with Crippen LogP contribution in [0.5, 0.6) is 0 Å². The van der Waals surface area contributed by atoms with Gasteiger partial charge in [0.15, 0.2) is 5.65 Å². The predicted molar refractivity (Wildman–Crippen MR) is 52.0 cm³/mol. The van der Waals surface area contributed by atoms with Gasteiger partial charge in [-0.15, -0.1) is 10.2 Å². The summed E-state index contributed by atoms with van der Waals surface area (Å²) in [5, 5.41) is 7.17. The van der Waals surface area contributed by atoms with Gasteiger partial charge in [-0.2, -0.15) is 0 Å². The third-order valence-corrected chi connectivity index (χ3v) is 2.32. The van der Waals surface area contributed by atoms with Crippen molar-refractivity contribution in [3.63, 3.8) is 0 Å². The van der Waals surface area contributed by atoms with Crippen molar-refractivity contribution in [2.45, 2.75) is 26.2 Å². The Morgan fingerprint density at radius 1 is 1.27 bits per heavy atom. The van der Waals surface area contributed by atoms with Gasteiger partial charge in [-0.3, -0.25) is 4.40 Å². The minimum atomic E-state index is -2.59. The van der Waals surface area contributed by atoms with Crippen molar-refractivity contribution in [2.24, 2.45) is 0 Å². The third-order valence-electron chi connectivity index (χ3n) is 2.32. The van der Waals surface area contributed by atoms with Crippen LogP contribution >= 0.6 is 0 Å². The van der Waals surface area contributed by atoms with Gasteiger partial charge in [0, 0.05) is 6.20 Å². The standard InChI is InChI=1S/C10H11F2N3/c1-6(2)7-3-4-15-8(5-7)13-14-10(15)9(11)12/h3-6,9H,1-2H3. The van der Waals surface area contributed by atoms with E-state index in [0.717, 1.165) is 5.56 Å². The second-order valence-electron chi connectivity index (χ2n) is 3.70. The Morgan fingerprint density at radius 3 is 2.60 bits per heavy atom. The highest BCUT2D eigenvalue weighted by molar-refractivity contribution is 5.42. The highest BCUT2D eigenvalue weighted by Gasteiger charge is 2.15. The third kappa shape index (κ3) is 1.69. The number of hydrogen-bond donors (Lipinski definition) is 0. The number of nitrogens with zero attached hydrogens (tertiary/aromatic N) is 3. The molecule has 0 aliphatic rings. The van der Waals surface area contributed by atoms with Crippen molar-refractivity contribution in [3.05, 3.63) is 29.7 Å². The maximum absolute atomic E-state index is 12.5. The molecule has 2 rings (SSSR count). The van der Waals surface area contributed by atoms with Gasteiger partial charge < -0.3 is 0 Å². The van der Waals surface area contributed by atoms with Crippen molar-refractivity contribution in [3.8, 4) is 0 Å². The second-order valence-corrected chi connectivity index (χ2v) is 3.70. The molecule has 0 amide bonds. The van der Waals surface area contributed by atoms with Crippen LogP contribution in [-0.2, 0) is 0 Å². The minimum Gasteiger partial charge on any atom is -0.282 e. The smallest absolute Gasteiger partial charge is 0.282 e. The van der Waals surface area contributed by atoms with Crippen molar-refractivity contribution in [1.29, 1.82) is 0 Å². The molecular formula is C10H11F2N3. The molecule has 0 N–H and O–H groups in total. The lowest BCUT2D eigenvalue weighted by molar-refractivity contribution is 0.139. The summed E-state index contributed by atoms with van der Waals surface area (Å²) in [5.41, 5.74) is 1.53. The molecular weight excluding hydrogens is 200 g/mol. The largest absolute Gasteiger partial charge is 0.297 e. The molecule has 0 atom stereocenters. The van der Waals surface area contributed by atoms with E-state index < -0.39 is 6.43 Å². The summed E-state index contributed by atoms with van der Waals surface area (Å²) in [5.74, 6) is 0.0435. The van der Waals surface area contributed by atoms with Crippen molar-refractivity contribution in [2.75, 3.05) is 0 Å². The lowest BCUT2D eigenvalue weighted by atomic mass is 10.1. The van der Waals surface area contributed by atoms with Crippen LogP contribution in [0.4, 0.5) is 8.78 Å². The number of rotatable bonds is 2. The first-order valence-electron chi connectivity index (χ1n) is 4.72. The van der Waals surface area contributed by atoms with E-state index in [2.05, 4.69) is 10.2 Å². The molecule has 0 saturated heterocycles. The van der Waals surface area contributed by atoms with Crippen LogP contribution in [0.1, 0.15) is 37.6 Å². The lowest BCUT2D eigenvalue weighted by Crippen LogP contribution is -1.96. The predicted octanol–water partition coefficient (Wildman–Crippen LogP) is 2.79. The van der Waals surface area contributed by atoms with Gasteiger partial charge in [0.25, 0.3) is 6.43 Å². The van der Waals surface area contributed by atoms with E-state index in [0.29, 0.717) is 11.6 Å². The number of fused-ring (bicyclic) bond motifs is 1. The van der Waals surface area contributed by atoms with Crippen LogP contribution < -0.4 is 0 Å². The molecule has 0 aromatic carbocycles. The normalized spacial score (nSPS) is 11.9. The lowest BCUT2D eigenvalue weighted by Gasteiger charge is -2.05. The Balaban J connectivity index is 2.57. The molecule has 80 valence electrons.